The van der Waals surface area contributed by atoms with Gasteiger partial charge in [-0.25, -0.2) is 0 Å². The van der Waals surface area contributed by atoms with Gasteiger partial charge in [0, 0.05) is 24.3 Å². The van der Waals surface area contributed by atoms with Crippen LogP contribution in [0, 0.1) is 5.92 Å². The van der Waals surface area contributed by atoms with Crippen molar-refractivity contribution in [1.29, 1.82) is 1.43 Å². The van der Waals surface area contributed by atoms with Gasteiger partial charge in [-0.05, 0) is 38.1 Å². The highest BCUT2D eigenvalue weighted by Gasteiger charge is 2.64. The maximum absolute atomic E-state index is 9.27. The monoisotopic (exact) mass is 303 g/mol. The van der Waals surface area contributed by atoms with Crippen LogP contribution in [-0.2, 0) is 11.8 Å². The number of ether oxygens (including phenoxy) is 2. The van der Waals surface area contributed by atoms with Gasteiger partial charge in [-0.1, -0.05) is 18.2 Å². The number of hydrogen-bond acceptors (Lipinski definition) is 4. The summed E-state index contributed by atoms with van der Waals surface area (Å²) in [6, 6.07) is 2.81. The number of benzene rings is 1. The molecular formula is C18H21NO3. The second-order valence-electron chi connectivity index (χ2n) is 6.57. The Morgan fingerprint density at radius 1 is 1.50 bits per heavy atom. The molecule has 1 saturated heterocycles. The van der Waals surface area contributed by atoms with Gasteiger partial charge < -0.3 is 19.5 Å². The van der Waals surface area contributed by atoms with E-state index in [2.05, 4.69) is 0 Å². The molecule has 22 heavy (non-hydrogen) atoms. The highest BCUT2D eigenvalue weighted by atomic mass is 16.5. The van der Waals surface area contributed by atoms with Gasteiger partial charge in [-0.3, -0.25) is 0 Å². The Labute approximate surface area is 136 Å². The van der Waals surface area contributed by atoms with Crippen LogP contribution in [0.3, 0.4) is 0 Å². The van der Waals surface area contributed by atoms with Crippen molar-refractivity contribution in [3.63, 3.8) is 0 Å². The number of rotatable bonds is 2. The summed E-state index contributed by atoms with van der Waals surface area (Å²) in [5, 5.41) is 4.76. The van der Waals surface area contributed by atoms with Gasteiger partial charge >= 0.3 is 0 Å². The van der Waals surface area contributed by atoms with E-state index < -0.39 is 23.6 Å². The molecule has 0 aromatic heterocycles. The van der Waals surface area contributed by atoms with E-state index in [4.69, 9.17) is 17.4 Å². The van der Waals surface area contributed by atoms with Crippen molar-refractivity contribution in [3.05, 3.63) is 35.4 Å². The van der Waals surface area contributed by atoms with Gasteiger partial charge in [-0.15, -0.1) is 0 Å². The summed E-state index contributed by atoms with van der Waals surface area (Å²) in [6.07, 6.45) is 0.442. The summed E-state index contributed by atoms with van der Waals surface area (Å²) in [7, 11) is 3.49. The van der Waals surface area contributed by atoms with Gasteiger partial charge in [-0.2, -0.15) is 0 Å². The minimum atomic E-state index is -1.99. The summed E-state index contributed by atoms with van der Waals surface area (Å²) in [5.74, 6) is 0.649. The quantitative estimate of drug-likeness (QED) is 0.841. The van der Waals surface area contributed by atoms with Crippen molar-refractivity contribution in [2.45, 2.75) is 36.4 Å². The molecule has 1 aromatic rings. The third kappa shape index (κ3) is 1.28. The number of aliphatic hydroxyl groups is 1. The third-order valence-corrected chi connectivity index (χ3v) is 5.74. The fourth-order valence-electron chi connectivity index (χ4n) is 4.75. The Kier molecular flexibility index (Phi) is 1.77. The van der Waals surface area contributed by atoms with Gasteiger partial charge in [0.25, 0.3) is 0 Å². The molecule has 2 unspecified atom stereocenters. The minimum Gasteiger partial charge on any atom is -0.493 e. The molecule has 1 spiro atoms. The highest BCUT2D eigenvalue weighted by Crippen LogP contribution is 2.62. The SMILES string of the molecule is [2H]OC1([2H])C=C[C@H]2[C@@]3([2H])Cc4ccc(OC)c5c4[C@@]2(CCN3C)C1([2H])O5. The molecule has 1 aromatic carbocycles. The average Bonchev–Trinajstić information content (AvgIpc) is 2.90. The molecule has 1 fully saturated rings. The lowest BCUT2D eigenvalue weighted by molar-refractivity contribution is -0.0453. The third-order valence-electron chi connectivity index (χ3n) is 5.74. The van der Waals surface area contributed by atoms with E-state index in [1.54, 1.807) is 19.3 Å². The molecule has 0 radical (unpaired) electrons. The first kappa shape index (κ1) is 9.58. The zero-order valence-corrected chi connectivity index (χ0v) is 12.7. The van der Waals surface area contributed by atoms with Crippen molar-refractivity contribution >= 4 is 0 Å². The van der Waals surface area contributed by atoms with Gasteiger partial charge in [0.15, 0.2) is 11.5 Å². The van der Waals surface area contributed by atoms with Crippen LogP contribution in [0.5, 0.6) is 11.5 Å². The largest absolute Gasteiger partial charge is 0.493 e. The van der Waals surface area contributed by atoms with Crippen LogP contribution in [0.15, 0.2) is 24.3 Å². The summed E-state index contributed by atoms with van der Waals surface area (Å²) < 4.78 is 46.3. The molecule has 4 heteroatoms. The van der Waals surface area contributed by atoms with Crippen LogP contribution in [0.4, 0.5) is 0 Å². The standard InChI is InChI=1S/C18H21NO3/c1-19-8-7-18-11-4-5-13(20)17(18)22-16-14(21-2)6-3-10(15(16)18)9-12(11)19/h3-6,11-13,17,20H,7-9H2,1-2H3/t11-,12+,13?,17?,18-/m0/s1/i12D,13D,17D,20D. The van der Waals surface area contributed by atoms with E-state index in [1.165, 1.54) is 6.08 Å². The maximum Gasteiger partial charge on any atom is 0.211 e. The second kappa shape index (κ2) is 4.06. The van der Waals surface area contributed by atoms with Gasteiger partial charge in [0.1, 0.15) is 12.2 Å². The molecule has 2 aliphatic heterocycles. The Morgan fingerprint density at radius 3 is 3.23 bits per heavy atom. The molecule has 2 heterocycles. The van der Waals surface area contributed by atoms with E-state index in [0.717, 1.165) is 11.1 Å². The van der Waals surface area contributed by atoms with E-state index in [9.17, 15) is 2.74 Å². The molecule has 2 aliphatic carbocycles. The maximum atomic E-state index is 9.27. The van der Waals surface area contributed by atoms with Crippen molar-refractivity contribution < 1.29 is 18.7 Å². The molecule has 4 nitrogen and oxygen atoms in total. The fraction of sp³-hybridized carbons (Fsp3) is 0.556. The lowest BCUT2D eigenvalue weighted by Crippen LogP contribution is -2.64. The van der Waals surface area contributed by atoms with Crippen LogP contribution < -0.4 is 9.47 Å². The summed E-state index contributed by atoms with van der Waals surface area (Å²) >= 11 is 0. The van der Waals surface area contributed by atoms with Crippen LogP contribution in [0.1, 0.15) is 21.7 Å². The lowest BCUT2D eigenvalue weighted by atomic mass is 9.53. The average molecular weight is 303 g/mol. The fourth-order valence-corrected chi connectivity index (χ4v) is 4.75. The zero-order valence-electron chi connectivity index (χ0n) is 16.7. The summed E-state index contributed by atoms with van der Waals surface area (Å²) in [4.78, 5) is 2.03. The lowest BCUT2D eigenvalue weighted by Gasteiger charge is -2.56. The van der Waals surface area contributed by atoms with E-state index in [0.29, 0.717) is 30.9 Å². The van der Waals surface area contributed by atoms with Gasteiger partial charge in [0.2, 0.25) is 1.43 Å². The number of hydrogen-bond donors (Lipinski definition) is 1. The van der Waals surface area contributed by atoms with Crippen LogP contribution >= 0.6 is 0 Å². The molecular weight excluding hydrogens is 278 g/mol. The number of nitrogens with zero attached hydrogens (tertiary/aromatic N) is 1. The minimum absolute atomic E-state index is 0.333. The number of likely N-dealkylation sites (N-methyl/N-ethyl adjacent to an activating group) is 1. The van der Waals surface area contributed by atoms with Crippen LogP contribution in [0.2, 0.25) is 0 Å². The van der Waals surface area contributed by atoms with Crippen molar-refractivity contribution in [3.8, 4) is 11.5 Å². The predicted molar refractivity (Wildman–Crippen MR) is 82.5 cm³/mol. The van der Waals surface area contributed by atoms with Crippen LogP contribution in [-0.4, -0.2) is 50.3 Å². The Bertz CT molecular complexity index is 850. The van der Waals surface area contributed by atoms with Crippen molar-refractivity contribution in [2.24, 2.45) is 5.92 Å². The molecule has 0 amide bonds. The molecule has 2 bridgehead atoms. The topological polar surface area (TPSA) is 41.9 Å². The smallest absolute Gasteiger partial charge is 0.211 e. The number of piperidine rings is 1. The van der Waals surface area contributed by atoms with E-state index in [-0.39, 0.29) is 5.92 Å². The second-order valence-corrected chi connectivity index (χ2v) is 6.57. The highest BCUT2D eigenvalue weighted by molar-refractivity contribution is 5.62. The van der Waals surface area contributed by atoms with Gasteiger partial charge in [0.05, 0.1) is 9.85 Å². The Morgan fingerprint density at radius 2 is 2.41 bits per heavy atom. The summed E-state index contributed by atoms with van der Waals surface area (Å²) in [5.41, 5.74) is 0.900. The first-order valence-corrected chi connectivity index (χ1v) is 7.72. The molecule has 0 saturated carbocycles. The molecule has 5 rings (SSSR count). The van der Waals surface area contributed by atoms with Crippen molar-refractivity contribution in [2.75, 3.05) is 20.7 Å². The number of methoxy groups -OCH3 is 1. The first-order chi connectivity index (χ1) is 12.3. The molecule has 1 N–H and O–H groups in total. The molecule has 116 valence electrons. The predicted octanol–water partition coefficient (Wildman–Crippen LogP) is 1.50. The number of likely N-dealkylation sites (tertiary alicyclic amines) is 1. The van der Waals surface area contributed by atoms with Crippen molar-refractivity contribution in [1.82, 2.24) is 4.90 Å². The normalized spacial score (nSPS) is 53.6. The summed E-state index contributed by atoms with van der Waals surface area (Å²) in [6.45, 7) is 0.613. The zero-order chi connectivity index (χ0) is 18.5. The van der Waals surface area contributed by atoms with E-state index >= 15 is 0 Å². The van der Waals surface area contributed by atoms with Crippen LogP contribution in [0.25, 0.3) is 0 Å². The molecule has 4 aliphatic rings. The first-order valence-electron chi connectivity index (χ1n) is 9.62. The van der Waals surface area contributed by atoms with E-state index in [1.807, 2.05) is 18.0 Å². The Balaban J connectivity index is 1.90. The Hall–Kier alpha value is -1.52. The molecule has 5 atom stereocenters.